The maximum absolute atomic E-state index is 11.8. The van der Waals surface area contributed by atoms with Gasteiger partial charge >= 0.3 is 0 Å². The number of thioether (sulfide) groups is 2. The van der Waals surface area contributed by atoms with Gasteiger partial charge in [0.1, 0.15) is 8.64 Å². The molecule has 4 saturated heterocycles. The molecule has 0 aromatic heterocycles. The number of thiocarbonyl (C=S) groups is 2. The quantitative estimate of drug-likeness (QED) is 0.380. The first-order valence-electron chi connectivity index (χ1n) is 9.50. The number of sulfone groups is 2. The Labute approximate surface area is 186 Å². The van der Waals surface area contributed by atoms with Crippen molar-refractivity contribution in [3.8, 4) is 0 Å². The van der Waals surface area contributed by atoms with Gasteiger partial charge < -0.3 is 9.80 Å². The first-order chi connectivity index (χ1) is 13.2. The van der Waals surface area contributed by atoms with E-state index in [0.29, 0.717) is 0 Å². The average Bonchev–Trinajstić information content (AvgIpc) is 3.20. The van der Waals surface area contributed by atoms with E-state index < -0.39 is 19.7 Å². The van der Waals surface area contributed by atoms with Gasteiger partial charge in [0.25, 0.3) is 0 Å². The lowest BCUT2D eigenvalue weighted by atomic mass is 10.1. The van der Waals surface area contributed by atoms with Crippen molar-refractivity contribution in [2.24, 2.45) is 0 Å². The van der Waals surface area contributed by atoms with Gasteiger partial charge in [0.15, 0.2) is 19.7 Å². The summed E-state index contributed by atoms with van der Waals surface area (Å²) in [5.74, 6) is 0.982. The lowest BCUT2D eigenvalue weighted by Gasteiger charge is -2.25. The van der Waals surface area contributed by atoms with Crippen LogP contribution in [0.15, 0.2) is 0 Å². The van der Waals surface area contributed by atoms with Gasteiger partial charge in [-0.1, -0.05) is 60.8 Å². The van der Waals surface area contributed by atoms with E-state index in [1.807, 2.05) is 0 Å². The molecular weight excluding hydrogens is 477 g/mol. The van der Waals surface area contributed by atoms with Gasteiger partial charge in [0.05, 0.1) is 35.1 Å². The highest BCUT2D eigenvalue weighted by Gasteiger charge is 2.48. The smallest absolute Gasteiger partial charge is 0.153 e. The van der Waals surface area contributed by atoms with Crippen LogP contribution in [0.1, 0.15) is 25.7 Å². The standard InChI is InChI=1S/C16H24N2O4S6/c19-27(20)7-11-13(9-27)25-15(23)17(11)5-3-1-2-4-6-18-12-8-28(21,22)10-14(12)26-16(18)24/h11-14H,1-10H2/t11-,12+,13-,14+. The Morgan fingerprint density at radius 2 is 1.11 bits per heavy atom. The molecular formula is C16H24N2O4S6. The predicted octanol–water partition coefficient (Wildman–Crippen LogP) is 1.55. The number of rotatable bonds is 7. The average molecular weight is 501 g/mol. The Bertz CT molecular complexity index is 802. The molecule has 0 radical (unpaired) electrons. The highest BCUT2D eigenvalue weighted by molar-refractivity contribution is 8.24. The van der Waals surface area contributed by atoms with E-state index in [1.165, 1.54) is 0 Å². The molecule has 0 aliphatic carbocycles. The highest BCUT2D eigenvalue weighted by atomic mass is 32.2. The normalized spacial score (nSPS) is 35.6. The highest BCUT2D eigenvalue weighted by Crippen LogP contribution is 2.39. The summed E-state index contributed by atoms with van der Waals surface area (Å²) in [4.78, 5) is 4.24. The zero-order chi connectivity index (χ0) is 20.1. The minimum atomic E-state index is -2.92. The summed E-state index contributed by atoms with van der Waals surface area (Å²) < 4.78 is 49.1. The fourth-order valence-corrected chi connectivity index (χ4v) is 13.3. The van der Waals surface area contributed by atoms with E-state index in [2.05, 4.69) is 9.80 Å². The molecule has 6 nitrogen and oxygen atoms in total. The summed E-state index contributed by atoms with van der Waals surface area (Å²) in [6.07, 6.45) is 4.08. The third kappa shape index (κ3) is 4.51. The molecule has 4 atom stereocenters. The van der Waals surface area contributed by atoms with E-state index in [9.17, 15) is 16.8 Å². The second-order valence-corrected chi connectivity index (χ2v) is 16.0. The zero-order valence-electron chi connectivity index (χ0n) is 15.4. The molecule has 28 heavy (non-hydrogen) atoms. The van der Waals surface area contributed by atoms with Crippen LogP contribution >= 0.6 is 48.0 Å². The lowest BCUT2D eigenvalue weighted by molar-refractivity contribution is 0.336. The van der Waals surface area contributed by atoms with Gasteiger partial charge in [-0.05, 0) is 12.8 Å². The molecule has 4 fully saturated rings. The van der Waals surface area contributed by atoms with Crippen LogP contribution in [-0.2, 0) is 19.7 Å². The first kappa shape index (κ1) is 21.6. The number of unbranched alkanes of at least 4 members (excludes halogenated alkanes) is 3. The molecule has 0 aromatic carbocycles. The van der Waals surface area contributed by atoms with E-state index in [4.69, 9.17) is 24.4 Å². The summed E-state index contributed by atoms with van der Waals surface area (Å²) >= 11 is 14.0. The van der Waals surface area contributed by atoms with Gasteiger partial charge in [0.2, 0.25) is 0 Å². The fraction of sp³-hybridized carbons (Fsp3) is 0.875. The van der Waals surface area contributed by atoms with E-state index >= 15 is 0 Å². The molecule has 0 saturated carbocycles. The molecule has 0 aromatic rings. The van der Waals surface area contributed by atoms with Gasteiger partial charge in [0, 0.05) is 23.6 Å². The van der Waals surface area contributed by atoms with Gasteiger partial charge in [-0.2, -0.15) is 0 Å². The van der Waals surface area contributed by atoms with Crippen molar-refractivity contribution in [2.75, 3.05) is 36.1 Å². The maximum Gasteiger partial charge on any atom is 0.153 e. The number of nitrogens with zero attached hydrogens (tertiary/aromatic N) is 2. The van der Waals surface area contributed by atoms with E-state index in [0.717, 1.165) is 47.4 Å². The Morgan fingerprint density at radius 1 is 0.714 bits per heavy atom. The van der Waals surface area contributed by atoms with Crippen molar-refractivity contribution in [3.05, 3.63) is 0 Å². The second-order valence-electron chi connectivity index (χ2n) is 7.93. The van der Waals surface area contributed by atoms with Crippen LogP contribution in [0.2, 0.25) is 0 Å². The number of fused-ring (bicyclic) bond motifs is 2. The number of hydrogen-bond acceptors (Lipinski definition) is 8. The van der Waals surface area contributed by atoms with Crippen LogP contribution in [0.25, 0.3) is 0 Å². The second kappa shape index (κ2) is 8.14. The first-order valence-corrected chi connectivity index (χ1v) is 15.7. The van der Waals surface area contributed by atoms with Crippen LogP contribution in [0.3, 0.4) is 0 Å². The Balaban J connectivity index is 1.18. The minimum Gasteiger partial charge on any atom is -0.352 e. The minimum absolute atomic E-state index is 0.0581. The van der Waals surface area contributed by atoms with Crippen molar-refractivity contribution >= 4 is 76.3 Å². The summed E-state index contributed by atoms with van der Waals surface area (Å²) in [7, 11) is -5.83. The Hall–Kier alpha value is 0.380. The third-order valence-corrected chi connectivity index (χ3v) is 13.2. The van der Waals surface area contributed by atoms with Gasteiger partial charge in [-0.25, -0.2) is 16.8 Å². The summed E-state index contributed by atoms with van der Waals surface area (Å²) in [6, 6.07) is 0.116. The lowest BCUT2D eigenvalue weighted by Crippen LogP contribution is -2.37. The third-order valence-electron chi connectivity index (χ3n) is 5.87. The molecule has 0 unspecified atom stereocenters. The Morgan fingerprint density at radius 3 is 1.50 bits per heavy atom. The van der Waals surface area contributed by atoms with E-state index in [-0.39, 0.29) is 45.6 Å². The largest absolute Gasteiger partial charge is 0.352 e. The van der Waals surface area contributed by atoms with Crippen LogP contribution in [0.5, 0.6) is 0 Å². The van der Waals surface area contributed by atoms with Crippen molar-refractivity contribution in [3.63, 3.8) is 0 Å². The number of hydrogen-bond donors (Lipinski definition) is 0. The topological polar surface area (TPSA) is 74.8 Å². The van der Waals surface area contributed by atoms with Crippen LogP contribution in [-0.4, -0.2) is 94.0 Å². The molecule has 0 N–H and O–H groups in total. The SMILES string of the molecule is O=S1(=O)C[C@@H]2[C@@H](C1)SC(=S)N2CCCCCCN1C(=S)S[C@H]2CS(=O)(=O)C[C@@H]21. The summed E-state index contributed by atoms with van der Waals surface area (Å²) in [5.41, 5.74) is 0. The molecule has 4 aliphatic rings. The molecule has 0 bridgehead atoms. The Kier molecular flexibility index (Phi) is 6.28. The van der Waals surface area contributed by atoms with Crippen molar-refractivity contribution < 1.29 is 16.8 Å². The maximum atomic E-state index is 11.8. The van der Waals surface area contributed by atoms with Gasteiger partial charge in [-0.15, -0.1) is 0 Å². The van der Waals surface area contributed by atoms with Crippen LogP contribution in [0.4, 0.5) is 0 Å². The van der Waals surface area contributed by atoms with E-state index in [1.54, 1.807) is 23.5 Å². The fourth-order valence-electron chi connectivity index (χ4n) is 4.50. The molecule has 12 heteroatoms. The van der Waals surface area contributed by atoms with Gasteiger partial charge in [-0.3, -0.25) is 0 Å². The van der Waals surface area contributed by atoms with Crippen molar-refractivity contribution in [1.29, 1.82) is 0 Å². The molecule has 158 valence electrons. The predicted molar refractivity (Wildman–Crippen MR) is 125 cm³/mol. The van der Waals surface area contributed by atoms with Crippen LogP contribution in [0, 0.1) is 0 Å². The molecule has 0 spiro atoms. The van der Waals surface area contributed by atoms with Crippen molar-refractivity contribution in [1.82, 2.24) is 9.80 Å². The summed E-state index contributed by atoms with van der Waals surface area (Å²) in [6.45, 7) is 1.65. The molecule has 0 amide bonds. The monoisotopic (exact) mass is 500 g/mol. The molecule has 4 heterocycles. The van der Waals surface area contributed by atoms with Crippen LogP contribution < -0.4 is 0 Å². The molecule has 4 aliphatic heterocycles. The molecule has 4 rings (SSSR count). The zero-order valence-corrected chi connectivity index (χ0v) is 20.3. The van der Waals surface area contributed by atoms with Crippen molar-refractivity contribution in [2.45, 2.75) is 48.3 Å². The summed E-state index contributed by atoms with van der Waals surface area (Å²) in [5, 5.41) is 0.226.